The maximum Gasteiger partial charge on any atom is 0.337 e. The summed E-state index contributed by atoms with van der Waals surface area (Å²) in [5, 5.41) is 3.21. The monoisotopic (exact) mass is 352 g/mol. The number of anilines is 2. The van der Waals surface area contributed by atoms with Crippen LogP contribution in [0.15, 0.2) is 48.5 Å². The SMILES string of the molecule is COC(=O)c1ccc2c(c1)NCCN2C(=O)C=Cc1ccc(OC)cc1. The lowest BCUT2D eigenvalue weighted by atomic mass is 10.1. The second-order valence-electron chi connectivity index (χ2n) is 5.75. The van der Waals surface area contributed by atoms with Crippen LogP contribution >= 0.6 is 0 Å². The summed E-state index contributed by atoms with van der Waals surface area (Å²) >= 11 is 0. The van der Waals surface area contributed by atoms with Crippen molar-refractivity contribution in [1.82, 2.24) is 0 Å². The molecule has 0 radical (unpaired) electrons. The molecule has 2 aromatic carbocycles. The Hall–Kier alpha value is -3.28. The van der Waals surface area contributed by atoms with Crippen LogP contribution in [0.2, 0.25) is 0 Å². The summed E-state index contributed by atoms with van der Waals surface area (Å²) < 4.78 is 9.86. The molecule has 6 heteroatoms. The van der Waals surface area contributed by atoms with E-state index in [1.165, 1.54) is 7.11 Å². The number of nitrogens with one attached hydrogen (secondary N) is 1. The zero-order valence-electron chi connectivity index (χ0n) is 14.7. The van der Waals surface area contributed by atoms with E-state index in [0.29, 0.717) is 18.7 Å². The highest BCUT2D eigenvalue weighted by Crippen LogP contribution is 2.30. The molecule has 0 saturated carbocycles. The lowest BCUT2D eigenvalue weighted by Crippen LogP contribution is -2.38. The van der Waals surface area contributed by atoms with E-state index in [0.717, 1.165) is 22.7 Å². The number of ether oxygens (including phenoxy) is 2. The molecule has 2 aromatic rings. The topological polar surface area (TPSA) is 67.9 Å². The fourth-order valence-electron chi connectivity index (χ4n) is 2.78. The highest BCUT2D eigenvalue weighted by molar-refractivity contribution is 6.07. The molecule has 0 aromatic heterocycles. The third-order valence-electron chi connectivity index (χ3n) is 4.16. The first-order chi connectivity index (χ1) is 12.6. The Kier molecular flexibility index (Phi) is 5.22. The molecular formula is C20H20N2O4. The molecule has 0 fully saturated rings. The number of carbonyl (C=O) groups is 2. The van der Waals surface area contributed by atoms with Gasteiger partial charge < -0.3 is 19.7 Å². The van der Waals surface area contributed by atoms with Gasteiger partial charge in [-0.15, -0.1) is 0 Å². The van der Waals surface area contributed by atoms with E-state index in [-0.39, 0.29) is 5.91 Å². The van der Waals surface area contributed by atoms with Gasteiger partial charge in [0.15, 0.2) is 0 Å². The summed E-state index contributed by atoms with van der Waals surface area (Å²) in [6, 6.07) is 12.6. The van der Waals surface area contributed by atoms with E-state index in [9.17, 15) is 9.59 Å². The van der Waals surface area contributed by atoms with E-state index in [4.69, 9.17) is 9.47 Å². The average molecular weight is 352 g/mol. The van der Waals surface area contributed by atoms with E-state index in [1.807, 2.05) is 24.3 Å². The number of carbonyl (C=O) groups excluding carboxylic acids is 2. The summed E-state index contributed by atoms with van der Waals surface area (Å²) in [5.41, 5.74) is 2.84. The molecule has 1 aliphatic heterocycles. The van der Waals surface area contributed by atoms with Crippen molar-refractivity contribution in [3.05, 3.63) is 59.7 Å². The molecule has 1 heterocycles. The van der Waals surface area contributed by atoms with Crippen LogP contribution in [0.1, 0.15) is 15.9 Å². The van der Waals surface area contributed by atoms with E-state index < -0.39 is 5.97 Å². The van der Waals surface area contributed by atoms with Crippen LogP contribution in [0, 0.1) is 0 Å². The van der Waals surface area contributed by atoms with Crippen LogP contribution in [0.4, 0.5) is 11.4 Å². The highest BCUT2D eigenvalue weighted by Gasteiger charge is 2.22. The second-order valence-corrected chi connectivity index (χ2v) is 5.75. The largest absolute Gasteiger partial charge is 0.497 e. The number of fused-ring (bicyclic) bond motifs is 1. The number of hydrogen-bond donors (Lipinski definition) is 1. The standard InChI is InChI=1S/C20H20N2O4/c1-25-16-7-3-14(4-8-16)5-10-19(23)22-12-11-21-17-13-15(20(24)26-2)6-9-18(17)22/h3-10,13,21H,11-12H2,1-2H3. The van der Waals surface area contributed by atoms with Crippen molar-refractivity contribution in [3.63, 3.8) is 0 Å². The molecule has 0 saturated heterocycles. The van der Waals surface area contributed by atoms with Gasteiger partial charge in [-0.1, -0.05) is 12.1 Å². The summed E-state index contributed by atoms with van der Waals surface area (Å²) in [4.78, 5) is 26.0. The van der Waals surface area contributed by atoms with Crippen LogP contribution < -0.4 is 15.0 Å². The number of nitrogens with zero attached hydrogens (tertiary/aromatic N) is 1. The van der Waals surface area contributed by atoms with E-state index in [2.05, 4.69) is 5.32 Å². The summed E-state index contributed by atoms with van der Waals surface area (Å²) in [5.74, 6) is 0.248. The second kappa shape index (κ2) is 7.74. The highest BCUT2D eigenvalue weighted by atomic mass is 16.5. The maximum atomic E-state index is 12.6. The van der Waals surface area contributed by atoms with Gasteiger partial charge in [-0.05, 0) is 42.0 Å². The van der Waals surface area contributed by atoms with Crippen LogP contribution in [0.3, 0.4) is 0 Å². The molecule has 0 unspecified atom stereocenters. The average Bonchev–Trinajstić information content (AvgIpc) is 2.70. The van der Waals surface area contributed by atoms with Crippen molar-refractivity contribution < 1.29 is 19.1 Å². The van der Waals surface area contributed by atoms with Gasteiger partial charge >= 0.3 is 5.97 Å². The van der Waals surface area contributed by atoms with Gasteiger partial charge in [-0.3, -0.25) is 4.79 Å². The zero-order chi connectivity index (χ0) is 18.5. The first-order valence-electron chi connectivity index (χ1n) is 8.22. The number of hydrogen-bond acceptors (Lipinski definition) is 5. The van der Waals surface area contributed by atoms with Crippen molar-refractivity contribution in [2.24, 2.45) is 0 Å². The molecule has 0 atom stereocenters. The fraction of sp³-hybridized carbons (Fsp3) is 0.200. The maximum absolute atomic E-state index is 12.6. The summed E-state index contributed by atoms with van der Waals surface area (Å²) in [6.45, 7) is 1.16. The quantitative estimate of drug-likeness (QED) is 0.677. The zero-order valence-corrected chi connectivity index (χ0v) is 14.7. The molecule has 0 aliphatic carbocycles. The lowest BCUT2D eigenvalue weighted by Gasteiger charge is -2.29. The Balaban J connectivity index is 1.78. The predicted molar refractivity (Wildman–Crippen MR) is 101 cm³/mol. The minimum Gasteiger partial charge on any atom is -0.497 e. The van der Waals surface area contributed by atoms with Gasteiger partial charge in [0.2, 0.25) is 0 Å². The van der Waals surface area contributed by atoms with Crippen LogP contribution in [-0.2, 0) is 9.53 Å². The van der Waals surface area contributed by atoms with Gasteiger partial charge in [-0.25, -0.2) is 4.79 Å². The molecule has 26 heavy (non-hydrogen) atoms. The minimum atomic E-state index is -0.405. The molecule has 134 valence electrons. The molecule has 3 rings (SSSR count). The Bertz CT molecular complexity index is 843. The summed E-state index contributed by atoms with van der Waals surface area (Å²) in [7, 11) is 2.96. The van der Waals surface area contributed by atoms with Gasteiger partial charge in [-0.2, -0.15) is 0 Å². The molecule has 0 bridgehead atoms. The van der Waals surface area contributed by atoms with Gasteiger partial charge in [0.05, 0.1) is 31.2 Å². The molecule has 6 nitrogen and oxygen atoms in total. The molecule has 1 amide bonds. The minimum absolute atomic E-state index is 0.116. The smallest absolute Gasteiger partial charge is 0.337 e. The molecular weight excluding hydrogens is 332 g/mol. The van der Waals surface area contributed by atoms with Crippen molar-refractivity contribution in [1.29, 1.82) is 0 Å². The normalized spacial score (nSPS) is 13.1. The number of benzene rings is 2. The Labute approximate surface area is 152 Å². The number of amides is 1. The number of esters is 1. The summed E-state index contributed by atoms with van der Waals surface area (Å²) in [6.07, 6.45) is 3.32. The lowest BCUT2D eigenvalue weighted by molar-refractivity contribution is -0.114. The molecule has 0 spiro atoms. The van der Waals surface area contributed by atoms with E-state index in [1.54, 1.807) is 42.4 Å². The van der Waals surface area contributed by atoms with Crippen molar-refractivity contribution in [2.75, 3.05) is 37.5 Å². The van der Waals surface area contributed by atoms with Crippen LogP contribution in [-0.4, -0.2) is 39.2 Å². The first kappa shape index (κ1) is 17.5. The van der Waals surface area contributed by atoms with Crippen LogP contribution in [0.5, 0.6) is 5.75 Å². The Morgan fingerprint density at radius 2 is 1.88 bits per heavy atom. The third kappa shape index (κ3) is 3.69. The van der Waals surface area contributed by atoms with Gasteiger partial charge in [0.1, 0.15) is 5.75 Å². The van der Waals surface area contributed by atoms with Crippen molar-refractivity contribution in [2.45, 2.75) is 0 Å². The molecule has 1 N–H and O–H groups in total. The number of methoxy groups -OCH3 is 2. The molecule has 1 aliphatic rings. The van der Waals surface area contributed by atoms with Crippen molar-refractivity contribution >= 4 is 29.3 Å². The van der Waals surface area contributed by atoms with E-state index >= 15 is 0 Å². The Morgan fingerprint density at radius 1 is 1.12 bits per heavy atom. The van der Waals surface area contributed by atoms with Crippen molar-refractivity contribution in [3.8, 4) is 5.75 Å². The van der Waals surface area contributed by atoms with Gasteiger partial charge in [0, 0.05) is 19.2 Å². The third-order valence-corrected chi connectivity index (χ3v) is 4.16. The van der Waals surface area contributed by atoms with Crippen LogP contribution in [0.25, 0.3) is 6.08 Å². The number of rotatable bonds is 4. The Morgan fingerprint density at radius 3 is 2.58 bits per heavy atom. The van der Waals surface area contributed by atoms with Gasteiger partial charge in [0.25, 0.3) is 5.91 Å². The first-order valence-corrected chi connectivity index (χ1v) is 8.22. The fourth-order valence-corrected chi connectivity index (χ4v) is 2.78. The predicted octanol–water partition coefficient (Wildman–Crippen LogP) is 2.95.